The van der Waals surface area contributed by atoms with E-state index in [1.807, 2.05) is 18.2 Å². The highest BCUT2D eigenvalue weighted by atomic mass is 16.5. The molecule has 1 heterocycles. The van der Waals surface area contributed by atoms with Gasteiger partial charge in [-0.05, 0) is 47.9 Å². The Kier molecular flexibility index (Phi) is 5.63. The van der Waals surface area contributed by atoms with Gasteiger partial charge < -0.3 is 15.0 Å². The third-order valence-electron chi connectivity index (χ3n) is 5.57. The van der Waals surface area contributed by atoms with Crippen LogP contribution in [0.25, 0.3) is 21.7 Å². The monoisotopic (exact) mass is 386 g/mol. The molecule has 3 aromatic carbocycles. The second-order valence-corrected chi connectivity index (χ2v) is 7.37. The van der Waals surface area contributed by atoms with E-state index in [-0.39, 0.29) is 18.4 Å². The van der Waals surface area contributed by atoms with Crippen LogP contribution in [0.2, 0.25) is 0 Å². The molecule has 0 aliphatic heterocycles. The van der Waals surface area contributed by atoms with E-state index in [0.29, 0.717) is 0 Å². The van der Waals surface area contributed by atoms with Crippen molar-refractivity contribution >= 4 is 27.6 Å². The molecule has 0 fully saturated rings. The molecule has 0 aliphatic carbocycles. The zero-order chi connectivity index (χ0) is 20.2. The van der Waals surface area contributed by atoms with Crippen molar-refractivity contribution in [3.05, 3.63) is 83.6 Å². The fourth-order valence-corrected chi connectivity index (χ4v) is 4.06. The number of carbonyl (C=O) groups excluding carboxylic acids is 1. The summed E-state index contributed by atoms with van der Waals surface area (Å²) in [5, 5.41) is 7.38. The lowest BCUT2D eigenvalue weighted by molar-refractivity contribution is -0.139. The molecule has 4 rings (SSSR count). The Hall–Kier alpha value is -3.11. The van der Waals surface area contributed by atoms with Crippen LogP contribution in [0.1, 0.15) is 29.8 Å². The van der Waals surface area contributed by atoms with Crippen molar-refractivity contribution in [1.82, 2.24) is 10.3 Å². The highest BCUT2D eigenvalue weighted by Gasteiger charge is 2.15. The van der Waals surface area contributed by atoms with Gasteiger partial charge in [0.05, 0.1) is 13.5 Å². The summed E-state index contributed by atoms with van der Waals surface area (Å²) in [5.41, 5.74) is 4.49. The lowest BCUT2D eigenvalue weighted by Crippen LogP contribution is -2.22. The molecule has 29 heavy (non-hydrogen) atoms. The van der Waals surface area contributed by atoms with Crippen molar-refractivity contribution in [3.8, 4) is 0 Å². The molecule has 1 atom stereocenters. The Morgan fingerprint density at radius 2 is 1.72 bits per heavy atom. The average Bonchev–Trinajstić information content (AvgIpc) is 3.10. The minimum Gasteiger partial charge on any atom is -0.469 e. The maximum atomic E-state index is 11.8. The van der Waals surface area contributed by atoms with E-state index in [2.05, 4.69) is 65.8 Å². The fraction of sp³-hybridized carbons (Fsp3) is 0.240. The van der Waals surface area contributed by atoms with E-state index < -0.39 is 0 Å². The van der Waals surface area contributed by atoms with Crippen molar-refractivity contribution in [3.63, 3.8) is 0 Å². The van der Waals surface area contributed by atoms with Crippen molar-refractivity contribution in [1.29, 1.82) is 0 Å². The Labute approximate surface area is 170 Å². The largest absolute Gasteiger partial charge is 0.469 e. The number of carbonyl (C=O) groups is 1. The lowest BCUT2D eigenvalue weighted by atomic mass is 9.99. The zero-order valence-electron chi connectivity index (χ0n) is 16.9. The maximum Gasteiger partial charge on any atom is 0.311 e. The first kappa shape index (κ1) is 19.2. The van der Waals surface area contributed by atoms with E-state index in [1.165, 1.54) is 34.4 Å². The summed E-state index contributed by atoms with van der Waals surface area (Å²) in [7, 11) is 1.43. The number of esters is 1. The summed E-state index contributed by atoms with van der Waals surface area (Å²) in [5.74, 6) is -0.227. The number of benzene rings is 3. The van der Waals surface area contributed by atoms with Crippen LogP contribution in [-0.2, 0) is 22.4 Å². The molecule has 0 unspecified atom stereocenters. The topological polar surface area (TPSA) is 54.1 Å². The number of H-pyrrole nitrogens is 1. The highest BCUT2D eigenvalue weighted by Crippen LogP contribution is 2.26. The van der Waals surface area contributed by atoms with Gasteiger partial charge in [-0.1, -0.05) is 60.7 Å². The van der Waals surface area contributed by atoms with Crippen LogP contribution in [0, 0.1) is 0 Å². The number of aromatic amines is 1. The molecule has 0 aliphatic rings. The van der Waals surface area contributed by atoms with Crippen molar-refractivity contribution in [2.24, 2.45) is 0 Å². The van der Waals surface area contributed by atoms with Crippen LogP contribution in [-0.4, -0.2) is 24.6 Å². The van der Waals surface area contributed by atoms with Crippen LogP contribution in [0.3, 0.4) is 0 Å². The normalized spacial score (nSPS) is 12.3. The molecule has 4 nitrogen and oxygen atoms in total. The summed E-state index contributed by atoms with van der Waals surface area (Å²) < 4.78 is 4.87. The Morgan fingerprint density at radius 3 is 2.55 bits per heavy atom. The molecule has 4 aromatic rings. The van der Waals surface area contributed by atoms with Crippen LogP contribution in [0.4, 0.5) is 0 Å². The van der Waals surface area contributed by atoms with Crippen LogP contribution in [0.5, 0.6) is 0 Å². The standard InChI is InChI=1S/C25H26N2O2/c1-17(19-12-7-9-18-8-3-4-10-20(18)19)26-15-14-22-21-11-5-6-13-23(21)27-24(22)16-25(28)29-2/h3-13,17,26-27H,14-16H2,1-2H3/t17-/m0/s1. The zero-order valence-corrected chi connectivity index (χ0v) is 16.9. The lowest BCUT2D eigenvalue weighted by Gasteiger charge is -2.17. The van der Waals surface area contributed by atoms with E-state index in [4.69, 9.17) is 4.74 Å². The molecule has 0 amide bonds. The first-order chi connectivity index (χ1) is 14.2. The average molecular weight is 386 g/mol. The Morgan fingerprint density at radius 1 is 1.00 bits per heavy atom. The van der Waals surface area contributed by atoms with Gasteiger partial charge in [-0.3, -0.25) is 4.79 Å². The van der Waals surface area contributed by atoms with Gasteiger partial charge in [-0.25, -0.2) is 0 Å². The first-order valence-electron chi connectivity index (χ1n) is 10.0. The summed E-state index contributed by atoms with van der Waals surface area (Å²) in [6, 6.07) is 23.4. The molecular weight excluding hydrogens is 360 g/mol. The summed E-state index contributed by atoms with van der Waals surface area (Å²) in [6.07, 6.45) is 1.10. The van der Waals surface area contributed by atoms with Crippen LogP contribution in [0.15, 0.2) is 66.7 Å². The minimum atomic E-state index is -0.227. The van der Waals surface area contributed by atoms with Gasteiger partial charge in [0.1, 0.15) is 0 Å². The quantitative estimate of drug-likeness (QED) is 0.443. The molecule has 0 spiro atoms. The summed E-state index contributed by atoms with van der Waals surface area (Å²) >= 11 is 0. The predicted octanol–water partition coefficient (Wildman–Crippen LogP) is 4.93. The van der Waals surface area contributed by atoms with Gasteiger partial charge in [0.15, 0.2) is 0 Å². The predicted molar refractivity (Wildman–Crippen MR) is 118 cm³/mol. The van der Waals surface area contributed by atoms with E-state index >= 15 is 0 Å². The van der Waals surface area contributed by atoms with Gasteiger partial charge in [0, 0.05) is 22.6 Å². The van der Waals surface area contributed by atoms with Crippen molar-refractivity contribution < 1.29 is 9.53 Å². The number of para-hydroxylation sites is 1. The third-order valence-corrected chi connectivity index (χ3v) is 5.57. The maximum absolute atomic E-state index is 11.8. The number of hydrogen-bond acceptors (Lipinski definition) is 3. The van der Waals surface area contributed by atoms with Crippen molar-refractivity contribution in [2.45, 2.75) is 25.8 Å². The third kappa shape index (κ3) is 4.03. The molecule has 0 saturated carbocycles. The number of nitrogens with one attached hydrogen (secondary N) is 2. The molecular formula is C25H26N2O2. The van der Waals surface area contributed by atoms with E-state index in [9.17, 15) is 4.79 Å². The second kappa shape index (κ2) is 8.50. The van der Waals surface area contributed by atoms with Crippen LogP contribution >= 0.6 is 0 Å². The SMILES string of the molecule is COC(=O)Cc1[nH]c2ccccc2c1CCN[C@@H](C)c1cccc2ccccc12. The molecule has 148 valence electrons. The number of rotatable bonds is 7. The molecule has 2 N–H and O–H groups in total. The second-order valence-electron chi connectivity index (χ2n) is 7.37. The molecule has 0 radical (unpaired) electrons. The minimum absolute atomic E-state index is 0.227. The van der Waals surface area contributed by atoms with Gasteiger partial charge in [0.25, 0.3) is 0 Å². The first-order valence-corrected chi connectivity index (χ1v) is 10.0. The number of aromatic nitrogens is 1. The summed E-state index contributed by atoms with van der Waals surface area (Å²) in [6.45, 7) is 3.02. The van der Waals surface area contributed by atoms with Gasteiger partial charge in [0.2, 0.25) is 0 Å². The molecule has 1 aromatic heterocycles. The number of fused-ring (bicyclic) bond motifs is 2. The highest BCUT2D eigenvalue weighted by molar-refractivity contribution is 5.87. The number of methoxy groups -OCH3 is 1. The van der Waals surface area contributed by atoms with Gasteiger partial charge in [-0.15, -0.1) is 0 Å². The van der Waals surface area contributed by atoms with Crippen molar-refractivity contribution in [2.75, 3.05) is 13.7 Å². The van der Waals surface area contributed by atoms with Gasteiger partial charge in [-0.2, -0.15) is 0 Å². The molecule has 4 heteroatoms. The van der Waals surface area contributed by atoms with Gasteiger partial charge >= 0.3 is 5.97 Å². The van der Waals surface area contributed by atoms with E-state index in [0.717, 1.165) is 24.2 Å². The number of ether oxygens (including phenoxy) is 1. The fourth-order valence-electron chi connectivity index (χ4n) is 4.06. The Balaban J connectivity index is 1.52. The van der Waals surface area contributed by atoms with E-state index in [1.54, 1.807) is 0 Å². The number of hydrogen-bond donors (Lipinski definition) is 2. The molecule has 0 saturated heterocycles. The summed E-state index contributed by atoms with van der Waals surface area (Å²) in [4.78, 5) is 15.2. The smallest absolute Gasteiger partial charge is 0.311 e. The molecule has 0 bridgehead atoms. The Bertz CT molecular complexity index is 1140. The van der Waals surface area contributed by atoms with Crippen LogP contribution < -0.4 is 5.32 Å².